The van der Waals surface area contributed by atoms with Gasteiger partial charge in [0.05, 0.1) is 11.4 Å². The molecule has 0 bridgehead atoms. The van der Waals surface area contributed by atoms with Crippen molar-refractivity contribution in [1.29, 1.82) is 0 Å². The first kappa shape index (κ1) is 13.3. The van der Waals surface area contributed by atoms with E-state index in [1.807, 2.05) is 42.5 Å². The molecule has 0 fully saturated rings. The van der Waals surface area contributed by atoms with Gasteiger partial charge in [0, 0.05) is 16.8 Å². The zero-order valence-corrected chi connectivity index (χ0v) is 11.3. The summed E-state index contributed by atoms with van der Waals surface area (Å²) in [5, 5.41) is 5.15. The van der Waals surface area contributed by atoms with Crippen molar-refractivity contribution >= 4 is 29.2 Å². The van der Waals surface area contributed by atoms with Gasteiger partial charge >= 0.3 is 6.03 Å². The van der Waals surface area contributed by atoms with E-state index in [-0.39, 0.29) is 6.03 Å². The third-order valence-corrected chi connectivity index (χ3v) is 3.47. The summed E-state index contributed by atoms with van der Waals surface area (Å²) < 4.78 is 0. The quantitative estimate of drug-likeness (QED) is 0.752. The molecule has 4 nitrogen and oxygen atoms in total. The Hall–Kier alpha value is -2.14. The van der Waals surface area contributed by atoms with Crippen molar-refractivity contribution in [3.05, 3.63) is 48.5 Å². The Morgan fingerprint density at radius 2 is 1.84 bits per heavy atom. The number of nitrogen functional groups attached to an aromatic ring is 1. The standard InChI is InChI=1S/C14H15N3OS/c1-16-14(18)17-13-8-7-11(9-12(13)15)19-10-5-3-2-4-6-10/h2-9H,15H2,1H3,(H2,16,17,18). The third-order valence-electron chi connectivity index (χ3n) is 2.48. The fraction of sp³-hybridized carbons (Fsp3) is 0.0714. The predicted molar refractivity (Wildman–Crippen MR) is 79.5 cm³/mol. The number of hydrogen-bond acceptors (Lipinski definition) is 3. The smallest absolute Gasteiger partial charge is 0.319 e. The summed E-state index contributed by atoms with van der Waals surface area (Å²) in [6.07, 6.45) is 0. The second kappa shape index (κ2) is 6.15. The Labute approximate surface area is 116 Å². The number of carbonyl (C=O) groups excluding carboxylic acids is 1. The second-order valence-electron chi connectivity index (χ2n) is 3.87. The van der Waals surface area contributed by atoms with Crippen LogP contribution in [0.25, 0.3) is 0 Å². The highest BCUT2D eigenvalue weighted by molar-refractivity contribution is 7.99. The summed E-state index contributed by atoms with van der Waals surface area (Å²) in [6, 6.07) is 15.3. The number of urea groups is 1. The molecule has 2 rings (SSSR count). The molecular weight excluding hydrogens is 258 g/mol. The van der Waals surface area contributed by atoms with Crippen LogP contribution in [0.4, 0.5) is 16.2 Å². The van der Waals surface area contributed by atoms with Gasteiger partial charge < -0.3 is 16.4 Å². The Balaban J connectivity index is 2.13. The summed E-state index contributed by atoms with van der Waals surface area (Å²) >= 11 is 1.63. The summed E-state index contributed by atoms with van der Waals surface area (Å²) in [5.74, 6) is 0. The average Bonchev–Trinajstić information content (AvgIpc) is 2.43. The number of hydrogen-bond donors (Lipinski definition) is 3. The molecule has 2 aromatic carbocycles. The van der Waals surface area contributed by atoms with E-state index in [4.69, 9.17) is 5.73 Å². The molecule has 0 radical (unpaired) electrons. The summed E-state index contributed by atoms with van der Waals surface area (Å²) in [4.78, 5) is 13.4. The van der Waals surface area contributed by atoms with E-state index in [1.165, 1.54) is 0 Å². The average molecular weight is 273 g/mol. The van der Waals surface area contributed by atoms with Crippen LogP contribution < -0.4 is 16.4 Å². The predicted octanol–water partition coefficient (Wildman–Crippen LogP) is 3.17. The number of amides is 2. The van der Waals surface area contributed by atoms with Crippen LogP contribution in [0.15, 0.2) is 58.3 Å². The lowest BCUT2D eigenvalue weighted by atomic mass is 10.3. The monoisotopic (exact) mass is 273 g/mol. The molecule has 0 aliphatic heterocycles. The van der Waals surface area contributed by atoms with E-state index < -0.39 is 0 Å². The minimum Gasteiger partial charge on any atom is -0.397 e. The number of nitrogens with two attached hydrogens (primary N) is 1. The molecule has 0 aliphatic carbocycles. The Morgan fingerprint density at radius 3 is 2.47 bits per heavy atom. The first-order chi connectivity index (χ1) is 9.19. The highest BCUT2D eigenvalue weighted by Crippen LogP contribution is 2.31. The van der Waals surface area contributed by atoms with Crippen molar-refractivity contribution < 1.29 is 4.79 Å². The topological polar surface area (TPSA) is 67.2 Å². The first-order valence-corrected chi connectivity index (χ1v) is 6.62. The van der Waals surface area contributed by atoms with Crippen molar-refractivity contribution in [1.82, 2.24) is 5.32 Å². The van der Waals surface area contributed by atoms with Gasteiger partial charge in [-0.15, -0.1) is 0 Å². The van der Waals surface area contributed by atoms with E-state index in [9.17, 15) is 4.79 Å². The Morgan fingerprint density at radius 1 is 1.11 bits per heavy atom. The molecule has 98 valence electrons. The van der Waals surface area contributed by atoms with Crippen LogP contribution in [0, 0.1) is 0 Å². The van der Waals surface area contributed by atoms with E-state index >= 15 is 0 Å². The number of nitrogens with one attached hydrogen (secondary N) is 2. The zero-order chi connectivity index (χ0) is 13.7. The molecule has 4 N–H and O–H groups in total. The van der Waals surface area contributed by atoms with Gasteiger partial charge in [0.25, 0.3) is 0 Å². The molecule has 2 amide bonds. The van der Waals surface area contributed by atoms with Crippen molar-refractivity contribution in [2.24, 2.45) is 0 Å². The molecule has 0 aromatic heterocycles. The SMILES string of the molecule is CNC(=O)Nc1ccc(Sc2ccccc2)cc1N. The van der Waals surface area contributed by atoms with Crippen LogP contribution in [-0.4, -0.2) is 13.1 Å². The molecule has 0 atom stereocenters. The third kappa shape index (κ3) is 3.66. The lowest BCUT2D eigenvalue weighted by molar-refractivity contribution is 0.254. The number of anilines is 2. The number of rotatable bonds is 3. The molecule has 0 saturated carbocycles. The summed E-state index contributed by atoms with van der Waals surface area (Å²) in [7, 11) is 1.56. The van der Waals surface area contributed by atoms with Crippen LogP contribution in [0.3, 0.4) is 0 Å². The molecule has 0 spiro atoms. The van der Waals surface area contributed by atoms with Gasteiger partial charge in [-0.3, -0.25) is 0 Å². The molecule has 0 saturated heterocycles. The van der Waals surface area contributed by atoms with Crippen LogP contribution in [0.2, 0.25) is 0 Å². The van der Waals surface area contributed by atoms with Gasteiger partial charge in [-0.25, -0.2) is 4.79 Å². The maximum absolute atomic E-state index is 11.2. The first-order valence-electron chi connectivity index (χ1n) is 5.80. The molecule has 0 unspecified atom stereocenters. The minimum atomic E-state index is -0.282. The van der Waals surface area contributed by atoms with Gasteiger partial charge in [-0.05, 0) is 30.3 Å². The fourth-order valence-corrected chi connectivity index (χ4v) is 2.41. The lowest BCUT2D eigenvalue weighted by Crippen LogP contribution is -2.24. The van der Waals surface area contributed by atoms with Crippen molar-refractivity contribution in [3.63, 3.8) is 0 Å². The minimum absolute atomic E-state index is 0.282. The number of benzene rings is 2. The van der Waals surface area contributed by atoms with Crippen molar-refractivity contribution in [2.75, 3.05) is 18.1 Å². The van der Waals surface area contributed by atoms with E-state index in [2.05, 4.69) is 10.6 Å². The van der Waals surface area contributed by atoms with Crippen molar-refractivity contribution in [3.8, 4) is 0 Å². The van der Waals surface area contributed by atoms with Crippen LogP contribution in [-0.2, 0) is 0 Å². The highest BCUT2D eigenvalue weighted by Gasteiger charge is 2.05. The molecule has 19 heavy (non-hydrogen) atoms. The number of carbonyl (C=O) groups is 1. The molecule has 5 heteroatoms. The largest absolute Gasteiger partial charge is 0.397 e. The molecule has 0 heterocycles. The van der Waals surface area contributed by atoms with Gasteiger partial charge in [-0.2, -0.15) is 0 Å². The van der Waals surface area contributed by atoms with E-state index in [0.29, 0.717) is 11.4 Å². The van der Waals surface area contributed by atoms with Gasteiger partial charge in [-0.1, -0.05) is 30.0 Å². The lowest BCUT2D eigenvalue weighted by Gasteiger charge is -2.09. The molecule has 2 aromatic rings. The van der Waals surface area contributed by atoms with E-state index in [1.54, 1.807) is 24.9 Å². The fourth-order valence-electron chi connectivity index (χ4n) is 1.53. The second-order valence-corrected chi connectivity index (χ2v) is 5.02. The molecule has 0 aliphatic rings. The summed E-state index contributed by atoms with van der Waals surface area (Å²) in [5.41, 5.74) is 7.08. The van der Waals surface area contributed by atoms with E-state index in [0.717, 1.165) is 9.79 Å². The van der Waals surface area contributed by atoms with Gasteiger partial charge in [0.2, 0.25) is 0 Å². The maximum Gasteiger partial charge on any atom is 0.319 e. The normalized spacial score (nSPS) is 9.95. The van der Waals surface area contributed by atoms with Gasteiger partial charge in [0.1, 0.15) is 0 Å². The highest BCUT2D eigenvalue weighted by atomic mass is 32.2. The molecular formula is C14H15N3OS. The van der Waals surface area contributed by atoms with Crippen molar-refractivity contribution in [2.45, 2.75) is 9.79 Å². The van der Waals surface area contributed by atoms with Gasteiger partial charge in [0.15, 0.2) is 0 Å². The zero-order valence-electron chi connectivity index (χ0n) is 10.5. The van der Waals surface area contributed by atoms with Crippen LogP contribution >= 0.6 is 11.8 Å². The van der Waals surface area contributed by atoms with Crippen LogP contribution in [0.1, 0.15) is 0 Å². The summed E-state index contributed by atoms with van der Waals surface area (Å²) in [6.45, 7) is 0. The Bertz CT molecular complexity index is 572. The Kier molecular flexibility index (Phi) is 4.30. The maximum atomic E-state index is 11.2. The van der Waals surface area contributed by atoms with Crippen LogP contribution in [0.5, 0.6) is 0 Å².